The molecule has 2 aliphatic carbocycles. The molecule has 0 saturated heterocycles. The summed E-state index contributed by atoms with van der Waals surface area (Å²) < 4.78 is 3.70. The average Bonchev–Trinajstić information content (AvgIpc) is 3.46. The molecule has 0 spiro atoms. The lowest BCUT2D eigenvalue weighted by molar-refractivity contribution is 0.273. The van der Waals surface area contributed by atoms with Crippen LogP contribution in [-0.4, -0.2) is 24.3 Å². The van der Waals surface area contributed by atoms with Crippen molar-refractivity contribution in [3.63, 3.8) is 0 Å². The molecule has 0 atom stereocenters. The fourth-order valence-corrected chi connectivity index (χ4v) is 4.62. The van der Waals surface area contributed by atoms with Gasteiger partial charge in [0.15, 0.2) is 0 Å². The van der Waals surface area contributed by atoms with E-state index in [9.17, 15) is 10.1 Å². The van der Waals surface area contributed by atoms with Crippen LogP contribution in [-0.2, 0) is 7.05 Å². The molecule has 7 heteroatoms. The maximum atomic E-state index is 12.7. The average molecular weight is 457 g/mol. The van der Waals surface area contributed by atoms with Crippen LogP contribution in [0.4, 0.5) is 0 Å². The van der Waals surface area contributed by atoms with E-state index < -0.39 is 0 Å². The molecule has 2 aliphatic rings. The largest absolute Gasteiger partial charge is 0.355 e. The molecule has 0 radical (unpaired) electrons. The van der Waals surface area contributed by atoms with E-state index in [4.69, 9.17) is 0 Å². The number of nitriles is 1. The number of hydrogen-bond acceptors (Lipinski definition) is 4. The summed E-state index contributed by atoms with van der Waals surface area (Å²) in [6, 6.07) is 11.8. The molecule has 0 bridgehead atoms. The first-order valence-electron chi connectivity index (χ1n) is 12.1. The zero-order chi connectivity index (χ0) is 24.2. The predicted octanol–water partition coefficient (Wildman–Crippen LogP) is 5.42. The van der Waals surface area contributed by atoms with Gasteiger partial charge in [-0.25, -0.2) is 0 Å². The number of aryl methyl sites for hydroxylation is 1. The van der Waals surface area contributed by atoms with Crippen molar-refractivity contribution in [1.82, 2.24) is 24.3 Å². The van der Waals surface area contributed by atoms with Crippen molar-refractivity contribution in [3.05, 3.63) is 76.4 Å². The number of rotatable bonds is 3. The highest BCUT2D eigenvalue weighted by Gasteiger charge is 2.30. The number of H-pyrrole nitrogens is 1. The SMILES string of the molecule is CC.CC1CC(c2nncn2C)C1.N#Cc1c[nH]c2c(=O)n(-c3ccccc3)cc(C3CC3)c12. The Labute approximate surface area is 200 Å². The Balaban J connectivity index is 0.000000178. The third kappa shape index (κ3) is 4.54. The van der Waals surface area contributed by atoms with Crippen LogP contribution in [0.1, 0.15) is 75.2 Å². The van der Waals surface area contributed by atoms with Gasteiger partial charge in [-0.1, -0.05) is 39.0 Å². The summed E-state index contributed by atoms with van der Waals surface area (Å²) in [5, 5.41) is 18.0. The van der Waals surface area contributed by atoms with Gasteiger partial charge < -0.3 is 9.55 Å². The second-order valence-electron chi connectivity index (χ2n) is 9.01. The van der Waals surface area contributed by atoms with Crippen LogP contribution in [0.15, 0.2) is 53.8 Å². The molecule has 0 amide bonds. The van der Waals surface area contributed by atoms with Gasteiger partial charge >= 0.3 is 0 Å². The second-order valence-corrected chi connectivity index (χ2v) is 9.01. The highest BCUT2D eigenvalue weighted by Crippen LogP contribution is 2.43. The van der Waals surface area contributed by atoms with E-state index in [1.807, 2.05) is 62.0 Å². The number of aromatic amines is 1. The molecule has 6 rings (SSSR count). The van der Waals surface area contributed by atoms with E-state index in [1.54, 1.807) is 17.1 Å². The maximum absolute atomic E-state index is 12.7. The summed E-state index contributed by atoms with van der Waals surface area (Å²) in [4.78, 5) is 15.7. The summed E-state index contributed by atoms with van der Waals surface area (Å²) in [5.74, 6) is 3.18. The highest BCUT2D eigenvalue weighted by molar-refractivity contribution is 5.89. The zero-order valence-electron chi connectivity index (χ0n) is 20.3. The van der Waals surface area contributed by atoms with Gasteiger partial charge in [-0.15, -0.1) is 10.2 Å². The quantitative estimate of drug-likeness (QED) is 0.445. The maximum Gasteiger partial charge on any atom is 0.279 e. The highest BCUT2D eigenvalue weighted by atomic mass is 16.1. The molecule has 34 heavy (non-hydrogen) atoms. The van der Waals surface area contributed by atoms with Crippen LogP contribution < -0.4 is 5.56 Å². The Morgan fingerprint density at radius 3 is 2.38 bits per heavy atom. The minimum Gasteiger partial charge on any atom is -0.355 e. The van der Waals surface area contributed by atoms with E-state index in [-0.39, 0.29) is 5.56 Å². The van der Waals surface area contributed by atoms with Gasteiger partial charge in [-0.3, -0.25) is 9.36 Å². The standard InChI is InChI=1S/C17H13N3O.C8H13N3.C2H6/c18-8-12-9-19-16-15(12)14(11-6-7-11)10-20(17(16)21)13-4-2-1-3-5-13;1-6-3-7(4-6)8-10-9-5-11(8)2;1-2/h1-5,9-11,19H,6-7H2;5-7H,3-4H2,1-2H3;1-2H3. The number of benzene rings is 1. The van der Waals surface area contributed by atoms with Crippen molar-refractivity contribution in [1.29, 1.82) is 5.26 Å². The van der Waals surface area contributed by atoms with Crippen molar-refractivity contribution in [2.75, 3.05) is 0 Å². The van der Waals surface area contributed by atoms with Crippen LogP contribution in [0.3, 0.4) is 0 Å². The molecular weight excluding hydrogens is 424 g/mol. The van der Waals surface area contributed by atoms with Crippen LogP contribution in [0.5, 0.6) is 0 Å². The summed E-state index contributed by atoms with van der Waals surface area (Å²) >= 11 is 0. The summed E-state index contributed by atoms with van der Waals surface area (Å²) in [5.41, 5.74) is 2.93. The van der Waals surface area contributed by atoms with Gasteiger partial charge in [0.1, 0.15) is 23.7 Å². The van der Waals surface area contributed by atoms with E-state index in [0.717, 1.165) is 41.2 Å². The number of aromatic nitrogens is 5. The molecule has 3 aromatic heterocycles. The van der Waals surface area contributed by atoms with Crippen LogP contribution >= 0.6 is 0 Å². The number of fused-ring (bicyclic) bond motifs is 1. The fraction of sp³-hybridized carbons (Fsp3) is 0.407. The third-order valence-electron chi connectivity index (χ3n) is 6.53. The summed E-state index contributed by atoms with van der Waals surface area (Å²) in [7, 11) is 2.01. The second kappa shape index (κ2) is 10.1. The Bertz CT molecular complexity index is 1350. The zero-order valence-corrected chi connectivity index (χ0v) is 20.3. The predicted molar refractivity (Wildman–Crippen MR) is 134 cm³/mol. The lowest BCUT2D eigenvalue weighted by Crippen LogP contribution is -2.21. The fourth-order valence-electron chi connectivity index (χ4n) is 4.62. The van der Waals surface area contributed by atoms with E-state index in [1.165, 1.54) is 12.8 Å². The molecular formula is C27H32N6O. The molecule has 2 saturated carbocycles. The Hall–Kier alpha value is -3.66. The number of hydrogen-bond donors (Lipinski definition) is 1. The molecule has 0 aliphatic heterocycles. The van der Waals surface area contributed by atoms with Crippen molar-refractivity contribution < 1.29 is 0 Å². The van der Waals surface area contributed by atoms with Crippen LogP contribution in [0.25, 0.3) is 16.6 Å². The first kappa shape index (κ1) is 23.5. The molecule has 0 unspecified atom stereocenters. The third-order valence-corrected chi connectivity index (χ3v) is 6.53. The first-order chi connectivity index (χ1) is 16.6. The molecule has 7 nitrogen and oxygen atoms in total. The van der Waals surface area contributed by atoms with E-state index in [2.05, 4.69) is 28.2 Å². The van der Waals surface area contributed by atoms with Crippen molar-refractivity contribution in [2.24, 2.45) is 13.0 Å². The van der Waals surface area contributed by atoms with Crippen molar-refractivity contribution in [2.45, 2.75) is 58.3 Å². The van der Waals surface area contributed by atoms with Crippen LogP contribution in [0, 0.1) is 17.2 Å². The summed E-state index contributed by atoms with van der Waals surface area (Å²) in [6.07, 6.45) is 10.1. The number of pyridine rings is 1. The van der Waals surface area contributed by atoms with Gasteiger partial charge in [-0.2, -0.15) is 5.26 Å². The Morgan fingerprint density at radius 2 is 1.82 bits per heavy atom. The van der Waals surface area contributed by atoms with Crippen molar-refractivity contribution in [3.8, 4) is 11.8 Å². The van der Waals surface area contributed by atoms with Gasteiger partial charge in [0, 0.05) is 36.4 Å². The topological polar surface area (TPSA) is 92.3 Å². The van der Waals surface area contributed by atoms with Gasteiger partial charge in [0.2, 0.25) is 0 Å². The summed E-state index contributed by atoms with van der Waals surface area (Å²) in [6.45, 7) is 6.28. The molecule has 3 heterocycles. The minimum absolute atomic E-state index is 0.109. The lowest BCUT2D eigenvalue weighted by atomic mass is 9.76. The minimum atomic E-state index is -0.109. The molecule has 176 valence electrons. The molecule has 1 aromatic carbocycles. The smallest absolute Gasteiger partial charge is 0.279 e. The van der Waals surface area contributed by atoms with Gasteiger partial charge in [0.05, 0.1) is 5.56 Å². The number of para-hydroxylation sites is 1. The molecule has 4 aromatic rings. The monoisotopic (exact) mass is 456 g/mol. The van der Waals surface area contributed by atoms with Gasteiger partial charge in [-0.05, 0) is 55.2 Å². The van der Waals surface area contributed by atoms with Crippen molar-refractivity contribution >= 4 is 10.9 Å². The normalized spacial score (nSPS) is 18.7. The number of nitrogens with zero attached hydrogens (tertiary/aromatic N) is 5. The Kier molecular flexibility index (Phi) is 6.97. The van der Waals surface area contributed by atoms with Crippen LogP contribution in [0.2, 0.25) is 0 Å². The number of nitrogens with one attached hydrogen (secondary N) is 1. The molecule has 1 N–H and O–H groups in total. The van der Waals surface area contributed by atoms with E-state index in [0.29, 0.717) is 22.9 Å². The first-order valence-corrected chi connectivity index (χ1v) is 12.1. The lowest BCUT2D eigenvalue weighted by Gasteiger charge is -2.31. The Morgan fingerprint density at radius 1 is 1.12 bits per heavy atom. The molecule has 2 fully saturated rings. The van der Waals surface area contributed by atoms with Gasteiger partial charge in [0.25, 0.3) is 5.56 Å². The van der Waals surface area contributed by atoms with E-state index >= 15 is 0 Å².